The summed E-state index contributed by atoms with van der Waals surface area (Å²) in [6.07, 6.45) is 4.54. The van der Waals surface area contributed by atoms with E-state index in [2.05, 4.69) is 9.64 Å². The number of rotatable bonds is 0. The first-order valence-electron chi connectivity index (χ1n) is 8.59. The van der Waals surface area contributed by atoms with Crippen molar-refractivity contribution >= 4 is 6.09 Å². The molecule has 1 aromatic rings. The van der Waals surface area contributed by atoms with Crippen LogP contribution in [0.5, 0.6) is 0 Å². The van der Waals surface area contributed by atoms with Crippen molar-refractivity contribution in [3.8, 4) is 0 Å². The van der Waals surface area contributed by atoms with Gasteiger partial charge in [0.05, 0.1) is 7.11 Å². The SMILES string of the molecule is C1CN2CCC1CC2.COC(=O)N1CCc2ccccc2C1N. The molecule has 4 aliphatic rings. The first kappa shape index (κ1) is 16.3. The standard InChI is InChI=1S/C11H14N2O2.C7H13N/c1-15-11(14)13-7-6-8-4-2-3-5-9(8)10(13)12;1-4-8-5-2-7(1)3-6-8/h2-5,10H,6-7,12H2,1H3;7H,1-6H2. The molecule has 1 atom stereocenters. The van der Waals surface area contributed by atoms with E-state index in [1.54, 1.807) is 4.90 Å². The van der Waals surface area contributed by atoms with Crippen molar-refractivity contribution in [2.45, 2.75) is 31.8 Å². The number of methoxy groups -OCH3 is 1. The zero-order chi connectivity index (χ0) is 16.2. The lowest BCUT2D eigenvalue weighted by Crippen LogP contribution is -2.43. The van der Waals surface area contributed by atoms with Crippen molar-refractivity contribution in [2.75, 3.05) is 33.3 Å². The van der Waals surface area contributed by atoms with Gasteiger partial charge in [0.2, 0.25) is 0 Å². The number of carbonyl (C=O) groups excluding carboxylic acids is 1. The van der Waals surface area contributed by atoms with Gasteiger partial charge in [0.15, 0.2) is 0 Å². The largest absolute Gasteiger partial charge is 0.453 e. The highest BCUT2D eigenvalue weighted by molar-refractivity contribution is 5.68. The fourth-order valence-electron chi connectivity index (χ4n) is 3.78. The Labute approximate surface area is 138 Å². The molecule has 2 bridgehead atoms. The smallest absolute Gasteiger partial charge is 0.411 e. The summed E-state index contributed by atoms with van der Waals surface area (Å²) >= 11 is 0. The molecule has 0 aliphatic carbocycles. The second kappa shape index (κ2) is 7.32. The van der Waals surface area contributed by atoms with E-state index in [0.717, 1.165) is 17.9 Å². The lowest BCUT2D eigenvalue weighted by Gasteiger charge is -2.38. The van der Waals surface area contributed by atoms with Crippen molar-refractivity contribution in [3.63, 3.8) is 0 Å². The maximum Gasteiger partial charge on any atom is 0.411 e. The topological polar surface area (TPSA) is 58.8 Å². The van der Waals surface area contributed by atoms with Crippen LogP contribution in [0.1, 0.15) is 36.6 Å². The highest BCUT2D eigenvalue weighted by Crippen LogP contribution is 2.26. The van der Waals surface area contributed by atoms with Gasteiger partial charge in [-0.3, -0.25) is 4.90 Å². The average molecular weight is 317 g/mol. The number of amides is 1. The predicted molar refractivity (Wildman–Crippen MR) is 90.0 cm³/mol. The Hall–Kier alpha value is -1.59. The van der Waals surface area contributed by atoms with Gasteiger partial charge in [-0.2, -0.15) is 0 Å². The highest BCUT2D eigenvalue weighted by atomic mass is 16.5. The molecule has 1 amide bonds. The molecule has 3 saturated heterocycles. The molecule has 0 aromatic heterocycles. The Morgan fingerprint density at radius 3 is 2.30 bits per heavy atom. The quantitative estimate of drug-likeness (QED) is 0.798. The molecular formula is C18H27N3O2. The lowest BCUT2D eigenvalue weighted by molar-refractivity contribution is 0.102. The molecule has 5 rings (SSSR count). The second-order valence-electron chi connectivity index (χ2n) is 6.63. The van der Waals surface area contributed by atoms with Crippen molar-refractivity contribution in [1.29, 1.82) is 0 Å². The Bertz CT molecular complexity index is 518. The van der Waals surface area contributed by atoms with Gasteiger partial charge in [-0.25, -0.2) is 4.79 Å². The van der Waals surface area contributed by atoms with Gasteiger partial charge in [-0.05, 0) is 62.4 Å². The van der Waals surface area contributed by atoms with Gasteiger partial charge >= 0.3 is 6.09 Å². The zero-order valence-electron chi connectivity index (χ0n) is 13.9. The molecule has 23 heavy (non-hydrogen) atoms. The first-order valence-corrected chi connectivity index (χ1v) is 8.59. The van der Waals surface area contributed by atoms with Crippen LogP contribution in [0, 0.1) is 5.92 Å². The zero-order valence-corrected chi connectivity index (χ0v) is 13.9. The average Bonchev–Trinajstić information content (AvgIpc) is 2.64. The predicted octanol–water partition coefficient (Wildman–Crippen LogP) is 2.37. The number of fused-ring (bicyclic) bond motifs is 4. The number of nitrogens with zero attached hydrogens (tertiary/aromatic N) is 2. The van der Waals surface area contributed by atoms with Crippen LogP contribution < -0.4 is 5.73 Å². The van der Waals surface area contributed by atoms with Crippen LogP contribution in [0.3, 0.4) is 0 Å². The molecule has 0 saturated carbocycles. The van der Waals surface area contributed by atoms with Crippen LogP contribution >= 0.6 is 0 Å². The van der Waals surface area contributed by atoms with Crippen molar-refractivity contribution in [2.24, 2.45) is 11.7 Å². The van der Waals surface area contributed by atoms with E-state index < -0.39 is 0 Å². The van der Waals surface area contributed by atoms with Crippen LogP contribution in [0.2, 0.25) is 0 Å². The van der Waals surface area contributed by atoms with E-state index in [4.69, 9.17) is 5.73 Å². The summed E-state index contributed by atoms with van der Waals surface area (Å²) in [5.74, 6) is 1.11. The molecule has 5 nitrogen and oxygen atoms in total. The monoisotopic (exact) mass is 317 g/mol. The summed E-state index contributed by atoms with van der Waals surface area (Å²) in [5, 5.41) is 0. The second-order valence-corrected chi connectivity index (χ2v) is 6.63. The number of hydrogen-bond acceptors (Lipinski definition) is 4. The fraction of sp³-hybridized carbons (Fsp3) is 0.611. The molecule has 126 valence electrons. The number of piperidine rings is 3. The normalized spacial score (nSPS) is 28.4. The molecule has 0 radical (unpaired) electrons. The summed E-state index contributed by atoms with van der Waals surface area (Å²) in [5.41, 5.74) is 8.21. The number of hydrogen-bond donors (Lipinski definition) is 1. The van der Waals surface area contributed by atoms with E-state index >= 15 is 0 Å². The molecule has 3 fully saturated rings. The van der Waals surface area contributed by atoms with Gasteiger partial charge in [0.25, 0.3) is 0 Å². The Kier molecular flexibility index (Phi) is 5.18. The summed E-state index contributed by atoms with van der Waals surface area (Å²) in [6, 6.07) is 7.91. The molecule has 4 aliphatic heterocycles. The van der Waals surface area contributed by atoms with Gasteiger partial charge in [-0.1, -0.05) is 24.3 Å². The van der Waals surface area contributed by atoms with Crippen molar-refractivity contribution in [1.82, 2.24) is 9.80 Å². The Morgan fingerprint density at radius 1 is 1.13 bits per heavy atom. The van der Waals surface area contributed by atoms with Crippen molar-refractivity contribution < 1.29 is 9.53 Å². The van der Waals surface area contributed by atoms with E-state index in [9.17, 15) is 4.79 Å². The molecule has 1 aromatic carbocycles. The number of nitrogens with two attached hydrogens (primary N) is 1. The minimum Gasteiger partial charge on any atom is -0.453 e. The van der Waals surface area contributed by atoms with E-state index in [1.165, 1.54) is 51.6 Å². The summed E-state index contributed by atoms with van der Waals surface area (Å²) < 4.78 is 4.68. The van der Waals surface area contributed by atoms with Crippen molar-refractivity contribution in [3.05, 3.63) is 35.4 Å². The third-order valence-corrected chi connectivity index (χ3v) is 5.30. The summed E-state index contributed by atoms with van der Waals surface area (Å²) in [6.45, 7) is 4.80. The van der Waals surface area contributed by atoms with E-state index in [-0.39, 0.29) is 12.3 Å². The van der Waals surface area contributed by atoms with Crippen LogP contribution in [0.15, 0.2) is 24.3 Å². The number of ether oxygens (including phenoxy) is 1. The molecule has 5 heteroatoms. The summed E-state index contributed by atoms with van der Waals surface area (Å²) in [4.78, 5) is 15.5. The van der Waals surface area contributed by atoms with Gasteiger partial charge < -0.3 is 15.4 Å². The number of benzene rings is 1. The maximum atomic E-state index is 11.4. The summed E-state index contributed by atoms with van der Waals surface area (Å²) in [7, 11) is 1.37. The van der Waals surface area contributed by atoms with Crippen LogP contribution in [0.4, 0.5) is 4.79 Å². The van der Waals surface area contributed by atoms with Gasteiger partial charge in [0, 0.05) is 6.54 Å². The third-order valence-electron chi connectivity index (χ3n) is 5.30. The third kappa shape index (κ3) is 3.67. The Morgan fingerprint density at radius 2 is 1.78 bits per heavy atom. The highest BCUT2D eigenvalue weighted by Gasteiger charge is 2.28. The van der Waals surface area contributed by atoms with Gasteiger partial charge in [-0.15, -0.1) is 0 Å². The van der Waals surface area contributed by atoms with Crippen LogP contribution in [-0.4, -0.2) is 49.2 Å². The molecule has 4 heterocycles. The fourth-order valence-corrected chi connectivity index (χ4v) is 3.78. The Balaban J connectivity index is 0.000000162. The van der Waals surface area contributed by atoms with E-state index in [0.29, 0.717) is 6.54 Å². The van der Waals surface area contributed by atoms with Crippen LogP contribution in [-0.2, 0) is 11.2 Å². The minimum absolute atomic E-state index is 0.364. The first-order chi connectivity index (χ1) is 11.2. The van der Waals surface area contributed by atoms with Gasteiger partial charge in [0.1, 0.15) is 6.17 Å². The molecule has 1 unspecified atom stereocenters. The molecule has 2 N–H and O–H groups in total. The van der Waals surface area contributed by atoms with E-state index in [1.807, 2.05) is 24.3 Å². The minimum atomic E-state index is -0.387. The lowest BCUT2D eigenvalue weighted by atomic mass is 9.89. The van der Waals surface area contributed by atoms with Crippen LogP contribution in [0.25, 0.3) is 0 Å². The molecule has 0 spiro atoms. The maximum absolute atomic E-state index is 11.4. The number of carbonyl (C=O) groups is 1. The molecular weight excluding hydrogens is 290 g/mol.